The third-order valence-electron chi connectivity index (χ3n) is 3.62. The van der Waals surface area contributed by atoms with E-state index in [0.717, 1.165) is 44.2 Å². The average Bonchev–Trinajstić information content (AvgIpc) is 2.32. The maximum Gasteiger partial charge on any atom is 0.241 e. The number of hydrogen-bond donors (Lipinski definition) is 2. The second-order valence-electron chi connectivity index (χ2n) is 5.41. The number of nitrogen functional groups attached to an aromatic ring is 1. The van der Waals surface area contributed by atoms with E-state index in [4.69, 9.17) is 5.73 Å². The molecule has 0 unspecified atom stereocenters. The van der Waals surface area contributed by atoms with Gasteiger partial charge in [0.05, 0.1) is 10.6 Å². The molecule has 0 atom stereocenters. The third-order valence-corrected chi connectivity index (χ3v) is 5.25. The van der Waals surface area contributed by atoms with Crippen molar-refractivity contribution in [2.45, 2.75) is 49.5 Å². The van der Waals surface area contributed by atoms with Gasteiger partial charge >= 0.3 is 0 Å². The second kappa shape index (κ2) is 5.09. The summed E-state index contributed by atoms with van der Waals surface area (Å²) in [6.07, 6.45) is 4.82. The van der Waals surface area contributed by atoms with E-state index < -0.39 is 21.4 Å². The second-order valence-corrected chi connectivity index (χ2v) is 7.09. The molecule has 19 heavy (non-hydrogen) atoms. The number of rotatable bonds is 3. The minimum Gasteiger partial charge on any atom is -0.396 e. The van der Waals surface area contributed by atoms with Crippen LogP contribution in [-0.2, 0) is 10.0 Å². The van der Waals surface area contributed by atoms with Crippen molar-refractivity contribution in [3.05, 3.63) is 24.0 Å². The van der Waals surface area contributed by atoms with E-state index in [0.29, 0.717) is 0 Å². The van der Waals surface area contributed by atoms with Crippen LogP contribution in [0.2, 0.25) is 0 Å². The van der Waals surface area contributed by atoms with Crippen LogP contribution in [0, 0.1) is 5.82 Å². The molecule has 0 amide bonds. The van der Waals surface area contributed by atoms with Crippen LogP contribution in [-0.4, -0.2) is 14.0 Å². The van der Waals surface area contributed by atoms with Gasteiger partial charge in [-0.25, -0.2) is 17.5 Å². The standard InChI is InChI=1S/C13H19FN2O2S/c1-13(7-3-2-4-8-13)16-19(17,18)10-5-6-11(14)12(15)9-10/h5-6,9,16H,2-4,7-8,15H2,1H3. The van der Waals surface area contributed by atoms with Crippen LogP contribution >= 0.6 is 0 Å². The molecular weight excluding hydrogens is 267 g/mol. The number of nitrogens with one attached hydrogen (secondary N) is 1. The quantitative estimate of drug-likeness (QED) is 0.838. The van der Waals surface area contributed by atoms with Gasteiger partial charge in [0.25, 0.3) is 0 Å². The number of benzene rings is 1. The van der Waals surface area contributed by atoms with E-state index in [1.165, 1.54) is 6.07 Å². The molecule has 0 radical (unpaired) electrons. The maximum absolute atomic E-state index is 13.1. The Kier molecular flexibility index (Phi) is 3.82. The largest absolute Gasteiger partial charge is 0.396 e. The lowest BCUT2D eigenvalue weighted by molar-refractivity contribution is 0.294. The van der Waals surface area contributed by atoms with Gasteiger partial charge in [-0.05, 0) is 38.0 Å². The molecule has 1 aromatic carbocycles. The van der Waals surface area contributed by atoms with Gasteiger partial charge in [-0.2, -0.15) is 0 Å². The van der Waals surface area contributed by atoms with Crippen LogP contribution < -0.4 is 10.5 Å². The van der Waals surface area contributed by atoms with Gasteiger partial charge in [0.15, 0.2) is 0 Å². The van der Waals surface area contributed by atoms with E-state index in [1.54, 1.807) is 0 Å². The summed E-state index contributed by atoms with van der Waals surface area (Å²) in [6.45, 7) is 1.91. The Morgan fingerprint density at radius 3 is 2.47 bits per heavy atom. The molecule has 1 fully saturated rings. The Labute approximate surface area is 113 Å². The first-order chi connectivity index (χ1) is 8.82. The molecular formula is C13H19FN2O2S. The molecule has 1 aliphatic rings. The smallest absolute Gasteiger partial charge is 0.241 e. The molecule has 0 aliphatic heterocycles. The highest BCUT2D eigenvalue weighted by atomic mass is 32.2. The molecule has 106 valence electrons. The molecule has 1 aromatic rings. The van der Waals surface area contributed by atoms with Gasteiger partial charge in [-0.15, -0.1) is 0 Å². The number of sulfonamides is 1. The van der Waals surface area contributed by atoms with Crippen LogP contribution in [0.4, 0.5) is 10.1 Å². The van der Waals surface area contributed by atoms with Crippen LogP contribution in [0.15, 0.2) is 23.1 Å². The van der Waals surface area contributed by atoms with Gasteiger partial charge in [-0.1, -0.05) is 19.3 Å². The molecule has 1 saturated carbocycles. The van der Waals surface area contributed by atoms with Crippen LogP contribution in [0.1, 0.15) is 39.0 Å². The fourth-order valence-electron chi connectivity index (χ4n) is 2.51. The average molecular weight is 286 g/mol. The Balaban J connectivity index is 2.24. The summed E-state index contributed by atoms with van der Waals surface area (Å²) in [5, 5.41) is 0. The van der Waals surface area contributed by atoms with Crippen molar-refractivity contribution in [2.24, 2.45) is 0 Å². The fourth-order valence-corrected chi connectivity index (χ4v) is 4.01. The summed E-state index contributed by atoms with van der Waals surface area (Å²) in [7, 11) is -3.65. The monoisotopic (exact) mass is 286 g/mol. The molecule has 4 nitrogen and oxygen atoms in total. The summed E-state index contributed by atoms with van der Waals surface area (Å²) >= 11 is 0. The summed E-state index contributed by atoms with van der Waals surface area (Å²) in [5.41, 5.74) is 4.84. The van der Waals surface area contributed by atoms with Crippen LogP contribution in [0.25, 0.3) is 0 Å². The Morgan fingerprint density at radius 1 is 1.26 bits per heavy atom. The summed E-state index contributed by atoms with van der Waals surface area (Å²) in [6, 6.07) is 3.47. The Hall–Kier alpha value is -1.14. The zero-order valence-corrected chi connectivity index (χ0v) is 11.8. The van der Waals surface area contributed by atoms with Crippen molar-refractivity contribution in [2.75, 3.05) is 5.73 Å². The van der Waals surface area contributed by atoms with Crippen molar-refractivity contribution < 1.29 is 12.8 Å². The highest BCUT2D eigenvalue weighted by Crippen LogP contribution is 2.29. The highest BCUT2D eigenvalue weighted by molar-refractivity contribution is 7.89. The molecule has 2 rings (SSSR count). The minimum atomic E-state index is -3.65. The lowest BCUT2D eigenvalue weighted by Gasteiger charge is -2.34. The molecule has 3 N–H and O–H groups in total. The van der Waals surface area contributed by atoms with Crippen molar-refractivity contribution in [3.63, 3.8) is 0 Å². The SMILES string of the molecule is CC1(NS(=O)(=O)c2ccc(F)c(N)c2)CCCCC1. The molecule has 0 saturated heterocycles. The summed E-state index contributed by atoms with van der Waals surface area (Å²) in [4.78, 5) is 0.0122. The Bertz CT molecular complexity index is 566. The summed E-state index contributed by atoms with van der Waals surface area (Å²) < 4.78 is 40.4. The van der Waals surface area contributed by atoms with E-state index in [-0.39, 0.29) is 10.6 Å². The van der Waals surface area contributed by atoms with E-state index in [9.17, 15) is 12.8 Å². The zero-order chi connectivity index (χ0) is 14.1. The number of nitrogens with two attached hydrogens (primary N) is 1. The fraction of sp³-hybridized carbons (Fsp3) is 0.538. The molecule has 6 heteroatoms. The first-order valence-electron chi connectivity index (χ1n) is 6.41. The van der Waals surface area contributed by atoms with Crippen molar-refractivity contribution in [1.29, 1.82) is 0 Å². The van der Waals surface area contributed by atoms with E-state index in [1.807, 2.05) is 6.92 Å². The topological polar surface area (TPSA) is 72.2 Å². The van der Waals surface area contributed by atoms with Crippen LogP contribution in [0.3, 0.4) is 0 Å². The van der Waals surface area contributed by atoms with Crippen molar-refractivity contribution in [1.82, 2.24) is 4.72 Å². The van der Waals surface area contributed by atoms with Crippen molar-refractivity contribution in [3.8, 4) is 0 Å². The molecule has 1 aliphatic carbocycles. The normalized spacial score (nSPS) is 19.3. The third kappa shape index (κ3) is 3.25. The lowest BCUT2D eigenvalue weighted by Crippen LogP contribution is -2.47. The highest BCUT2D eigenvalue weighted by Gasteiger charge is 2.32. The van der Waals surface area contributed by atoms with E-state index >= 15 is 0 Å². The number of halogens is 1. The molecule has 0 bridgehead atoms. The predicted molar refractivity (Wildman–Crippen MR) is 72.6 cm³/mol. The molecule has 0 spiro atoms. The van der Waals surface area contributed by atoms with Gasteiger partial charge in [0, 0.05) is 5.54 Å². The molecule has 0 heterocycles. The van der Waals surface area contributed by atoms with Gasteiger partial charge in [0.1, 0.15) is 5.82 Å². The minimum absolute atomic E-state index is 0.0122. The number of hydrogen-bond acceptors (Lipinski definition) is 3. The van der Waals surface area contributed by atoms with Crippen molar-refractivity contribution >= 4 is 15.7 Å². The Morgan fingerprint density at radius 2 is 1.89 bits per heavy atom. The first-order valence-corrected chi connectivity index (χ1v) is 7.90. The zero-order valence-electron chi connectivity index (χ0n) is 10.9. The van der Waals surface area contributed by atoms with Crippen LogP contribution in [0.5, 0.6) is 0 Å². The first kappa shape index (κ1) is 14.3. The molecule has 0 aromatic heterocycles. The maximum atomic E-state index is 13.1. The predicted octanol–water partition coefficient (Wildman–Crippen LogP) is 2.41. The summed E-state index contributed by atoms with van der Waals surface area (Å²) in [5.74, 6) is -0.608. The van der Waals surface area contributed by atoms with Gasteiger partial charge in [-0.3, -0.25) is 0 Å². The van der Waals surface area contributed by atoms with E-state index in [2.05, 4.69) is 4.72 Å². The van der Waals surface area contributed by atoms with Gasteiger partial charge in [0.2, 0.25) is 10.0 Å². The number of anilines is 1. The van der Waals surface area contributed by atoms with Gasteiger partial charge < -0.3 is 5.73 Å². The lowest BCUT2D eigenvalue weighted by atomic mass is 9.84.